The lowest BCUT2D eigenvalue weighted by atomic mass is 9.93. The highest BCUT2D eigenvalue weighted by Gasteiger charge is 2.41. The van der Waals surface area contributed by atoms with Crippen molar-refractivity contribution < 1.29 is 14.4 Å². The molecule has 2 N–H and O–H groups in total. The second kappa shape index (κ2) is 20.5. The molecule has 0 aromatic heterocycles. The standard InChI is InChI=1S/C32H59N3O3/c1-2-3-4-5-6-7-8-9-10-11-12-13-17-23-30(36)25-28(20-18-19-24-33)26-34-27-31(37)35(32(34)38)29-21-15-14-16-22-29/h28-29H,2-27,33H2,1H3. The van der Waals surface area contributed by atoms with Gasteiger partial charge >= 0.3 is 6.03 Å². The maximum Gasteiger partial charge on any atom is 0.327 e. The van der Waals surface area contributed by atoms with E-state index >= 15 is 0 Å². The first-order valence-corrected chi connectivity index (χ1v) is 16.4. The van der Waals surface area contributed by atoms with Crippen molar-refractivity contribution >= 4 is 17.7 Å². The molecular weight excluding hydrogens is 474 g/mol. The van der Waals surface area contributed by atoms with Crippen LogP contribution in [0.15, 0.2) is 0 Å². The molecule has 0 spiro atoms. The van der Waals surface area contributed by atoms with Gasteiger partial charge in [0.25, 0.3) is 5.91 Å². The van der Waals surface area contributed by atoms with E-state index in [1.165, 1.54) is 81.9 Å². The lowest BCUT2D eigenvalue weighted by Crippen LogP contribution is -2.43. The summed E-state index contributed by atoms with van der Waals surface area (Å²) < 4.78 is 0. The zero-order valence-corrected chi connectivity index (χ0v) is 24.7. The lowest BCUT2D eigenvalue weighted by Gasteiger charge is -2.30. The molecule has 1 saturated carbocycles. The van der Waals surface area contributed by atoms with Crippen LogP contribution in [0.3, 0.4) is 0 Å². The van der Waals surface area contributed by atoms with Crippen molar-refractivity contribution in [3.05, 3.63) is 0 Å². The first-order chi connectivity index (χ1) is 18.6. The van der Waals surface area contributed by atoms with E-state index in [4.69, 9.17) is 5.73 Å². The molecule has 0 aromatic carbocycles. The van der Waals surface area contributed by atoms with Crippen molar-refractivity contribution in [1.29, 1.82) is 0 Å². The number of carbonyl (C=O) groups excluding carboxylic acids is 3. The second-order valence-corrected chi connectivity index (χ2v) is 12.1. The van der Waals surface area contributed by atoms with Gasteiger partial charge in [-0.25, -0.2) is 4.79 Å². The number of nitrogens with zero attached hydrogens (tertiary/aromatic N) is 2. The van der Waals surface area contributed by atoms with Crippen molar-refractivity contribution in [2.75, 3.05) is 19.6 Å². The zero-order valence-electron chi connectivity index (χ0n) is 24.7. The van der Waals surface area contributed by atoms with E-state index in [2.05, 4.69) is 6.92 Å². The van der Waals surface area contributed by atoms with Gasteiger partial charge in [-0.05, 0) is 44.6 Å². The molecule has 1 atom stereocenters. The highest BCUT2D eigenvalue weighted by atomic mass is 16.2. The Hall–Kier alpha value is -1.43. The van der Waals surface area contributed by atoms with Crippen LogP contribution < -0.4 is 5.73 Å². The fourth-order valence-electron chi connectivity index (χ4n) is 6.32. The average Bonchev–Trinajstić information content (AvgIpc) is 3.19. The Morgan fingerprint density at radius 1 is 0.816 bits per heavy atom. The number of nitrogens with two attached hydrogens (primary N) is 1. The quantitative estimate of drug-likeness (QED) is 0.107. The van der Waals surface area contributed by atoms with Gasteiger partial charge in [0.05, 0.1) is 0 Å². The summed E-state index contributed by atoms with van der Waals surface area (Å²) in [6, 6.07) is -0.0590. The molecule has 6 nitrogen and oxygen atoms in total. The first kappa shape index (κ1) is 32.8. The number of urea groups is 1. The van der Waals surface area contributed by atoms with E-state index in [0.717, 1.165) is 57.8 Å². The normalized spacial score (nSPS) is 17.5. The molecule has 0 radical (unpaired) electrons. The average molecular weight is 534 g/mol. The van der Waals surface area contributed by atoms with Crippen LogP contribution in [0.4, 0.5) is 4.79 Å². The maximum absolute atomic E-state index is 13.1. The molecule has 3 amide bonds. The van der Waals surface area contributed by atoms with Crippen LogP contribution in [0.25, 0.3) is 0 Å². The Labute approximate surface area is 233 Å². The molecule has 38 heavy (non-hydrogen) atoms. The number of hydrogen-bond donors (Lipinski definition) is 1. The number of hydrogen-bond acceptors (Lipinski definition) is 4. The van der Waals surface area contributed by atoms with Gasteiger partial charge in [-0.3, -0.25) is 14.5 Å². The minimum Gasteiger partial charge on any atom is -0.330 e. The molecule has 1 saturated heterocycles. The highest BCUT2D eigenvalue weighted by molar-refractivity contribution is 6.02. The van der Waals surface area contributed by atoms with Crippen molar-refractivity contribution in [1.82, 2.24) is 9.80 Å². The number of ketones is 1. The second-order valence-electron chi connectivity index (χ2n) is 12.1. The molecular formula is C32H59N3O3. The third kappa shape index (κ3) is 13.1. The van der Waals surface area contributed by atoms with E-state index < -0.39 is 0 Å². The van der Waals surface area contributed by atoms with E-state index in [1.54, 1.807) is 4.90 Å². The third-order valence-corrected chi connectivity index (χ3v) is 8.63. The molecule has 1 aliphatic carbocycles. The Morgan fingerprint density at radius 2 is 1.39 bits per heavy atom. The van der Waals surface area contributed by atoms with Gasteiger partial charge in [-0.2, -0.15) is 0 Å². The van der Waals surface area contributed by atoms with Gasteiger partial charge in [0.15, 0.2) is 0 Å². The summed E-state index contributed by atoms with van der Waals surface area (Å²) in [6.45, 7) is 3.61. The summed E-state index contributed by atoms with van der Waals surface area (Å²) in [7, 11) is 0. The third-order valence-electron chi connectivity index (χ3n) is 8.63. The molecule has 1 unspecified atom stereocenters. The molecule has 0 bridgehead atoms. The molecule has 1 aliphatic heterocycles. The minimum absolute atomic E-state index is 0.0547. The largest absolute Gasteiger partial charge is 0.330 e. The molecule has 0 aromatic rings. The van der Waals surface area contributed by atoms with Gasteiger partial charge in [0.2, 0.25) is 0 Å². The summed E-state index contributed by atoms with van der Waals surface area (Å²) >= 11 is 0. The monoisotopic (exact) mass is 533 g/mol. The van der Waals surface area contributed by atoms with Gasteiger partial charge < -0.3 is 10.6 Å². The Bertz CT molecular complexity index is 662. The predicted octanol–water partition coefficient (Wildman–Crippen LogP) is 7.77. The number of carbonyl (C=O) groups is 3. The molecule has 2 rings (SSSR count). The lowest BCUT2D eigenvalue weighted by molar-refractivity contribution is -0.127. The van der Waals surface area contributed by atoms with Gasteiger partial charge in [0.1, 0.15) is 12.3 Å². The Balaban J connectivity index is 1.62. The van der Waals surface area contributed by atoms with Crippen LogP contribution >= 0.6 is 0 Å². The summed E-state index contributed by atoms with van der Waals surface area (Å²) in [5, 5.41) is 0. The number of imide groups is 1. The van der Waals surface area contributed by atoms with Crippen LogP contribution in [0.5, 0.6) is 0 Å². The van der Waals surface area contributed by atoms with E-state index in [9.17, 15) is 14.4 Å². The van der Waals surface area contributed by atoms with E-state index in [-0.39, 0.29) is 30.4 Å². The van der Waals surface area contributed by atoms with Crippen LogP contribution in [-0.2, 0) is 9.59 Å². The molecule has 1 heterocycles. The SMILES string of the molecule is CCCCCCCCCCCCCCCC(=O)CC(CCCCN)CN1CC(=O)N(C2CCCCC2)C1=O. The summed E-state index contributed by atoms with van der Waals surface area (Å²) in [5.74, 6) is 0.382. The number of amides is 3. The Morgan fingerprint density at radius 3 is 1.97 bits per heavy atom. The van der Waals surface area contributed by atoms with Gasteiger partial charge in [-0.15, -0.1) is 0 Å². The molecule has 2 aliphatic rings. The fourth-order valence-corrected chi connectivity index (χ4v) is 6.32. The summed E-state index contributed by atoms with van der Waals surface area (Å²) in [4.78, 5) is 41.8. The molecule has 6 heteroatoms. The van der Waals surface area contributed by atoms with Crippen LogP contribution in [0.2, 0.25) is 0 Å². The van der Waals surface area contributed by atoms with Crippen molar-refractivity contribution in [2.24, 2.45) is 11.7 Å². The smallest absolute Gasteiger partial charge is 0.327 e. The van der Waals surface area contributed by atoms with Crippen molar-refractivity contribution in [3.8, 4) is 0 Å². The number of Topliss-reactive ketones (excluding diaryl/α,β-unsaturated/α-hetero) is 1. The predicted molar refractivity (Wildman–Crippen MR) is 157 cm³/mol. The minimum atomic E-state index is -0.130. The summed E-state index contributed by atoms with van der Waals surface area (Å²) in [5.41, 5.74) is 5.70. The van der Waals surface area contributed by atoms with Gasteiger partial charge in [-0.1, -0.05) is 110 Å². The van der Waals surface area contributed by atoms with Gasteiger partial charge in [0, 0.05) is 25.4 Å². The molecule has 2 fully saturated rings. The fraction of sp³-hybridized carbons (Fsp3) is 0.906. The topological polar surface area (TPSA) is 83.7 Å². The first-order valence-electron chi connectivity index (χ1n) is 16.4. The maximum atomic E-state index is 13.1. The number of unbranched alkanes of at least 4 members (excludes halogenated alkanes) is 13. The van der Waals surface area contributed by atoms with Crippen molar-refractivity contribution in [3.63, 3.8) is 0 Å². The zero-order chi connectivity index (χ0) is 27.4. The molecule has 220 valence electrons. The van der Waals surface area contributed by atoms with E-state index in [0.29, 0.717) is 31.7 Å². The van der Waals surface area contributed by atoms with Crippen molar-refractivity contribution in [2.45, 2.75) is 161 Å². The number of rotatable bonds is 23. The van der Waals surface area contributed by atoms with Crippen LogP contribution in [0.1, 0.15) is 155 Å². The van der Waals surface area contributed by atoms with Crippen LogP contribution in [-0.4, -0.2) is 53.2 Å². The van der Waals surface area contributed by atoms with Crippen LogP contribution in [0, 0.1) is 5.92 Å². The highest BCUT2D eigenvalue weighted by Crippen LogP contribution is 2.28. The van der Waals surface area contributed by atoms with E-state index in [1.807, 2.05) is 0 Å². The summed E-state index contributed by atoms with van der Waals surface area (Å²) in [6.07, 6.45) is 26.2. The Kier molecular flexibility index (Phi) is 17.7.